The summed E-state index contributed by atoms with van der Waals surface area (Å²) in [7, 11) is 0. The molecule has 0 radical (unpaired) electrons. The van der Waals surface area contributed by atoms with Crippen LogP contribution in [-0.4, -0.2) is 44.5 Å². The van der Waals surface area contributed by atoms with Crippen molar-refractivity contribution >= 4 is 5.97 Å². The predicted octanol–water partition coefficient (Wildman–Crippen LogP) is -0.348. The highest BCUT2D eigenvalue weighted by atomic mass is 16.5. The normalized spacial score (nSPS) is 17.9. The van der Waals surface area contributed by atoms with E-state index in [4.69, 9.17) is 9.84 Å². The fraction of sp³-hybridized carbons (Fsp3) is 0.750. The third kappa shape index (κ3) is 2.30. The van der Waals surface area contributed by atoms with Gasteiger partial charge in [-0.2, -0.15) is 0 Å². The van der Waals surface area contributed by atoms with Gasteiger partial charge in [-0.15, -0.1) is 5.10 Å². The van der Waals surface area contributed by atoms with E-state index >= 15 is 0 Å². The molecule has 1 aromatic heterocycles. The first kappa shape index (κ1) is 10.0. The van der Waals surface area contributed by atoms with Crippen molar-refractivity contribution in [2.24, 2.45) is 0 Å². The highest BCUT2D eigenvalue weighted by molar-refractivity contribution is 5.66. The summed E-state index contributed by atoms with van der Waals surface area (Å²) in [5.74, 6) is -0.0654. The SMILES string of the molecule is O=C(O)Cn1nnnc1C1CCOCC1. The highest BCUT2D eigenvalue weighted by Gasteiger charge is 2.22. The molecule has 0 aliphatic carbocycles. The average Bonchev–Trinajstić information content (AvgIpc) is 2.66. The number of carboxylic acid groups (broad SMARTS) is 1. The minimum absolute atomic E-state index is 0.181. The summed E-state index contributed by atoms with van der Waals surface area (Å²) in [5, 5.41) is 19.7. The summed E-state index contributed by atoms with van der Waals surface area (Å²) in [6.45, 7) is 1.19. The minimum atomic E-state index is -0.935. The summed E-state index contributed by atoms with van der Waals surface area (Å²) in [4.78, 5) is 10.6. The van der Waals surface area contributed by atoms with Gasteiger partial charge in [0.15, 0.2) is 5.82 Å². The van der Waals surface area contributed by atoms with Crippen LogP contribution in [0, 0.1) is 0 Å². The molecule has 1 fully saturated rings. The largest absolute Gasteiger partial charge is 0.480 e. The number of hydrogen-bond acceptors (Lipinski definition) is 5. The molecule has 1 aromatic rings. The Bertz CT molecular complexity index is 345. The number of carbonyl (C=O) groups is 1. The zero-order chi connectivity index (χ0) is 10.7. The molecule has 0 bridgehead atoms. The first-order valence-electron chi connectivity index (χ1n) is 4.83. The van der Waals surface area contributed by atoms with E-state index in [2.05, 4.69) is 15.5 Å². The van der Waals surface area contributed by atoms with Crippen LogP contribution < -0.4 is 0 Å². The van der Waals surface area contributed by atoms with Crippen molar-refractivity contribution in [3.8, 4) is 0 Å². The van der Waals surface area contributed by atoms with Gasteiger partial charge in [-0.05, 0) is 23.3 Å². The molecule has 7 heteroatoms. The van der Waals surface area contributed by atoms with Crippen LogP contribution in [0.1, 0.15) is 24.6 Å². The number of rotatable bonds is 3. The van der Waals surface area contributed by atoms with Gasteiger partial charge in [0.05, 0.1) is 0 Å². The number of aromatic nitrogens is 4. The lowest BCUT2D eigenvalue weighted by atomic mass is 10.00. The van der Waals surface area contributed by atoms with Crippen LogP contribution in [0.5, 0.6) is 0 Å². The molecule has 0 unspecified atom stereocenters. The monoisotopic (exact) mass is 212 g/mol. The molecule has 0 saturated carbocycles. The number of tetrazole rings is 1. The molecule has 1 aliphatic rings. The van der Waals surface area contributed by atoms with E-state index in [0.717, 1.165) is 12.8 Å². The van der Waals surface area contributed by atoms with Gasteiger partial charge in [-0.3, -0.25) is 4.79 Å². The zero-order valence-corrected chi connectivity index (χ0v) is 8.17. The molecule has 1 aliphatic heterocycles. The van der Waals surface area contributed by atoms with Gasteiger partial charge in [0.2, 0.25) is 0 Å². The summed E-state index contributed by atoms with van der Waals surface area (Å²) < 4.78 is 6.57. The Balaban J connectivity index is 2.12. The van der Waals surface area contributed by atoms with Gasteiger partial charge in [0, 0.05) is 19.1 Å². The lowest BCUT2D eigenvalue weighted by molar-refractivity contribution is -0.138. The van der Waals surface area contributed by atoms with Crippen LogP contribution >= 0.6 is 0 Å². The molecule has 2 heterocycles. The Hall–Kier alpha value is -1.50. The molecule has 0 amide bonds. The molecule has 2 rings (SSSR count). The van der Waals surface area contributed by atoms with Crippen LogP contribution in [-0.2, 0) is 16.1 Å². The second-order valence-corrected chi connectivity index (χ2v) is 3.48. The van der Waals surface area contributed by atoms with Crippen LogP contribution in [0.25, 0.3) is 0 Å². The standard InChI is InChI=1S/C8H12N4O3/c13-7(14)5-12-8(9-10-11-12)6-1-3-15-4-2-6/h6H,1-5H2,(H,13,14). The number of nitrogens with zero attached hydrogens (tertiary/aromatic N) is 4. The Morgan fingerprint density at radius 2 is 2.27 bits per heavy atom. The fourth-order valence-electron chi connectivity index (χ4n) is 1.70. The third-order valence-electron chi connectivity index (χ3n) is 2.43. The molecule has 0 spiro atoms. The van der Waals surface area contributed by atoms with Crippen LogP contribution in [0.2, 0.25) is 0 Å². The van der Waals surface area contributed by atoms with E-state index < -0.39 is 5.97 Å². The summed E-state index contributed by atoms with van der Waals surface area (Å²) in [5.41, 5.74) is 0. The molecule has 1 saturated heterocycles. The van der Waals surface area contributed by atoms with E-state index in [1.165, 1.54) is 4.68 Å². The van der Waals surface area contributed by atoms with Crippen LogP contribution in [0.4, 0.5) is 0 Å². The van der Waals surface area contributed by atoms with Crippen molar-refractivity contribution < 1.29 is 14.6 Å². The van der Waals surface area contributed by atoms with Crippen molar-refractivity contribution in [1.29, 1.82) is 0 Å². The molecule has 0 atom stereocenters. The van der Waals surface area contributed by atoms with Crippen molar-refractivity contribution in [2.45, 2.75) is 25.3 Å². The Morgan fingerprint density at radius 1 is 1.53 bits per heavy atom. The second-order valence-electron chi connectivity index (χ2n) is 3.48. The number of aliphatic carboxylic acids is 1. The summed E-state index contributed by atoms with van der Waals surface area (Å²) >= 11 is 0. The fourth-order valence-corrected chi connectivity index (χ4v) is 1.70. The van der Waals surface area contributed by atoms with Crippen LogP contribution in [0.3, 0.4) is 0 Å². The number of hydrogen-bond donors (Lipinski definition) is 1. The summed E-state index contributed by atoms with van der Waals surface area (Å²) in [6, 6.07) is 0. The smallest absolute Gasteiger partial charge is 0.325 e. The number of ether oxygens (including phenoxy) is 1. The van der Waals surface area contributed by atoms with Gasteiger partial charge in [0.25, 0.3) is 0 Å². The minimum Gasteiger partial charge on any atom is -0.480 e. The van der Waals surface area contributed by atoms with E-state index in [0.29, 0.717) is 19.0 Å². The molecule has 82 valence electrons. The molecule has 15 heavy (non-hydrogen) atoms. The molecular weight excluding hydrogens is 200 g/mol. The van der Waals surface area contributed by atoms with Crippen molar-refractivity contribution in [3.63, 3.8) is 0 Å². The molecular formula is C8H12N4O3. The maximum absolute atomic E-state index is 10.6. The lowest BCUT2D eigenvalue weighted by Crippen LogP contribution is -2.20. The van der Waals surface area contributed by atoms with E-state index in [1.54, 1.807) is 0 Å². The lowest BCUT2D eigenvalue weighted by Gasteiger charge is -2.20. The van der Waals surface area contributed by atoms with Crippen molar-refractivity contribution in [1.82, 2.24) is 20.2 Å². The molecule has 7 nitrogen and oxygen atoms in total. The van der Waals surface area contributed by atoms with Crippen molar-refractivity contribution in [2.75, 3.05) is 13.2 Å². The third-order valence-corrected chi connectivity index (χ3v) is 2.43. The van der Waals surface area contributed by atoms with Gasteiger partial charge in [0.1, 0.15) is 6.54 Å². The van der Waals surface area contributed by atoms with Crippen LogP contribution in [0.15, 0.2) is 0 Å². The Kier molecular flexibility index (Phi) is 2.91. The first-order chi connectivity index (χ1) is 7.27. The maximum Gasteiger partial charge on any atom is 0.325 e. The molecule has 1 N–H and O–H groups in total. The second kappa shape index (κ2) is 4.35. The predicted molar refractivity (Wildman–Crippen MR) is 48.2 cm³/mol. The quantitative estimate of drug-likeness (QED) is 0.736. The van der Waals surface area contributed by atoms with E-state index in [1.807, 2.05) is 0 Å². The van der Waals surface area contributed by atoms with E-state index in [-0.39, 0.29) is 12.5 Å². The zero-order valence-electron chi connectivity index (χ0n) is 8.17. The average molecular weight is 212 g/mol. The van der Waals surface area contributed by atoms with Gasteiger partial charge < -0.3 is 9.84 Å². The Morgan fingerprint density at radius 3 is 2.93 bits per heavy atom. The topological polar surface area (TPSA) is 90.1 Å². The van der Waals surface area contributed by atoms with Gasteiger partial charge in [-0.25, -0.2) is 4.68 Å². The maximum atomic E-state index is 10.6. The van der Waals surface area contributed by atoms with Crippen molar-refractivity contribution in [3.05, 3.63) is 5.82 Å². The number of carboxylic acids is 1. The molecule has 0 aromatic carbocycles. The van der Waals surface area contributed by atoms with Gasteiger partial charge in [-0.1, -0.05) is 0 Å². The van der Waals surface area contributed by atoms with E-state index in [9.17, 15) is 4.79 Å². The highest BCUT2D eigenvalue weighted by Crippen LogP contribution is 2.24. The van der Waals surface area contributed by atoms with Gasteiger partial charge >= 0.3 is 5.97 Å². The summed E-state index contributed by atoms with van der Waals surface area (Å²) in [6.07, 6.45) is 1.69. The first-order valence-corrected chi connectivity index (χ1v) is 4.83. The Labute approximate surface area is 86.0 Å².